The number of aryl methyl sites for hydroxylation is 1. The Bertz CT molecular complexity index is 455. The third kappa shape index (κ3) is 5.79. The van der Waals surface area contributed by atoms with Crippen molar-refractivity contribution < 1.29 is 4.79 Å². The van der Waals surface area contributed by atoms with Gasteiger partial charge in [0.15, 0.2) is 0 Å². The maximum Gasteiger partial charge on any atom is 0.146 e. The van der Waals surface area contributed by atoms with Crippen LogP contribution < -0.4 is 5.32 Å². The fourth-order valence-electron chi connectivity index (χ4n) is 1.76. The van der Waals surface area contributed by atoms with Crippen molar-refractivity contribution >= 4 is 48.2 Å². The summed E-state index contributed by atoms with van der Waals surface area (Å²) >= 11 is 4.06. The molecule has 1 N–H and O–H groups in total. The number of halogens is 1. The first-order valence-corrected chi connectivity index (χ1v) is 10.8. The molecule has 0 heterocycles. The van der Waals surface area contributed by atoms with E-state index in [1.165, 1.54) is 10.5 Å². The van der Waals surface area contributed by atoms with Crippen molar-refractivity contribution in [3.63, 3.8) is 0 Å². The van der Waals surface area contributed by atoms with Gasteiger partial charge in [-0.15, -0.1) is 11.8 Å². The molecule has 20 heavy (non-hydrogen) atoms. The Labute approximate surface area is 142 Å². The van der Waals surface area contributed by atoms with Crippen LogP contribution in [-0.4, -0.2) is 24.5 Å². The second-order valence-electron chi connectivity index (χ2n) is 4.50. The van der Waals surface area contributed by atoms with Crippen LogP contribution in [0.2, 0.25) is 0 Å². The number of benzene rings is 1. The number of carbonyl (C=O) groups is 1. The van der Waals surface area contributed by atoms with E-state index in [0.717, 1.165) is 29.6 Å². The molecule has 1 unspecified atom stereocenters. The van der Waals surface area contributed by atoms with E-state index in [1.54, 1.807) is 20.7 Å². The van der Waals surface area contributed by atoms with Crippen LogP contribution in [0.3, 0.4) is 0 Å². The van der Waals surface area contributed by atoms with Crippen LogP contribution in [0.1, 0.15) is 18.9 Å². The zero-order valence-corrected chi connectivity index (χ0v) is 15.8. The first-order chi connectivity index (χ1) is 9.62. The molecule has 0 amide bonds. The van der Waals surface area contributed by atoms with Gasteiger partial charge >= 0.3 is 0 Å². The average molecular weight is 421 g/mol. The molecule has 0 aliphatic heterocycles. The summed E-state index contributed by atoms with van der Waals surface area (Å²) < 4.78 is 0. The van der Waals surface area contributed by atoms with Crippen LogP contribution in [0.25, 0.3) is 0 Å². The molecule has 0 bridgehead atoms. The van der Waals surface area contributed by atoms with Gasteiger partial charge in [0.25, 0.3) is 0 Å². The minimum Gasteiger partial charge on any atom is -0.304 e. The number of nitrogens with one attached hydrogen (secondary N) is 1. The van der Waals surface area contributed by atoms with E-state index in [4.69, 9.17) is 0 Å². The monoisotopic (exact) mass is 421 g/mol. The van der Waals surface area contributed by atoms with Gasteiger partial charge in [-0.1, -0.05) is 26.6 Å². The molecule has 0 fully saturated rings. The summed E-state index contributed by atoms with van der Waals surface area (Å²) in [6.07, 6.45) is 1.81. The Morgan fingerprint density at radius 1 is 1.40 bits per heavy atom. The van der Waals surface area contributed by atoms with E-state index in [1.807, 2.05) is 14.0 Å². The normalized spacial score (nSPS) is 13.8. The molecule has 0 radical (unpaired) electrons. The predicted molar refractivity (Wildman–Crippen MR) is 99.7 cm³/mol. The standard InChI is InChI=1S/C15H20INOS2/c1-11-4-6-14(7-5-11)19-9-8-13(10-18)12(2)15(17-3)20-16/h4-7,10,15,17H,8-9H2,1-3H3/b13-12-. The zero-order chi connectivity index (χ0) is 15.0. The molecule has 1 rings (SSSR count). The van der Waals surface area contributed by atoms with Crippen LogP contribution in [0.15, 0.2) is 40.3 Å². The number of aldehydes is 1. The van der Waals surface area contributed by atoms with Crippen LogP contribution in [0.4, 0.5) is 0 Å². The third-order valence-corrected chi connectivity index (χ3v) is 6.36. The molecule has 0 aliphatic carbocycles. The summed E-state index contributed by atoms with van der Waals surface area (Å²) in [5, 5.41) is 3.42. The summed E-state index contributed by atoms with van der Waals surface area (Å²) in [6, 6.07) is 8.50. The van der Waals surface area contributed by atoms with Gasteiger partial charge in [-0.3, -0.25) is 4.79 Å². The Hall–Kier alpha value is 0.0200. The van der Waals surface area contributed by atoms with Gasteiger partial charge in [-0.05, 0) is 71.8 Å². The van der Waals surface area contributed by atoms with Crippen molar-refractivity contribution in [3.05, 3.63) is 41.0 Å². The molecule has 0 saturated heterocycles. The highest BCUT2D eigenvalue weighted by Gasteiger charge is 2.12. The van der Waals surface area contributed by atoms with E-state index < -0.39 is 0 Å². The van der Waals surface area contributed by atoms with E-state index in [2.05, 4.69) is 57.7 Å². The van der Waals surface area contributed by atoms with E-state index >= 15 is 0 Å². The molecule has 0 saturated carbocycles. The second kappa shape index (κ2) is 9.87. The minimum absolute atomic E-state index is 0.208. The molecule has 1 aromatic carbocycles. The van der Waals surface area contributed by atoms with Gasteiger partial charge in [0, 0.05) is 10.6 Å². The molecule has 0 aromatic heterocycles. The molecule has 110 valence electrons. The molecule has 0 aliphatic rings. The SMILES string of the molecule is CNC(SI)/C(C)=C(\C=O)CCSc1ccc(C)cc1. The average Bonchev–Trinajstić information content (AvgIpc) is 2.46. The first-order valence-electron chi connectivity index (χ1n) is 6.41. The van der Waals surface area contributed by atoms with Gasteiger partial charge in [-0.25, -0.2) is 0 Å². The topological polar surface area (TPSA) is 29.1 Å². The lowest BCUT2D eigenvalue weighted by Crippen LogP contribution is -2.22. The number of likely N-dealkylation sites (N-methyl/N-ethyl adjacent to an activating group) is 1. The maximum absolute atomic E-state index is 11.3. The van der Waals surface area contributed by atoms with Gasteiger partial charge in [0.05, 0.1) is 5.37 Å². The molecular weight excluding hydrogens is 401 g/mol. The highest BCUT2D eigenvalue weighted by molar-refractivity contribution is 14.2. The van der Waals surface area contributed by atoms with Crippen LogP contribution in [0, 0.1) is 6.92 Å². The lowest BCUT2D eigenvalue weighted by atomic mass is 10.1. The number of hydrogen-bond acceptors (Lipinski definition) is 4. The van der Waals surface area contributed by atoms with Crippen molar-refractivity contribution in [1.82, 2.24) is 5.32 Å². The first kappa shape index (κ1) is 18.1. The molecular formula is C15H20INOS2. The summed E-state index contributed by atoms with van der Waals surface area (Å²) in [4.78, 5) is 12.5. The number of thioether (sulfide) groups is 1. The summed E-state index contributed by atoms with van der Waals surface area (Å²) in [5.74, 6) is 0.927. The van der Waals surface area contributed by atoms with E-state index in [9.17, 15) is 4.79 Å². The van der Waals surface area contributed by atoms with Crippen LogP contribution in [-0.2, 0) is 4.79 Å². The van der Waals surface area contributed by atoms with Gasteiger partial charge in [-0.2, -0.15) is 0 Å². The molecule has 1 atom stereocenters. The van der Waals surface area contributed by atoms with Crippen molar-refractivity contribution in [2.45, 2.75) is 30.5 Å². The lowest BCUT2D eigenvalue weighted by Gasteiger charge is -2.15. The number of hydrogen-bond donors (Lipinski definition) is 1. The van der Waals surface area contributed by atoms with Gasteiger partial charge in [0.1, 0.15) is 6.29 Å². The Kier molecular flexibility index (Phi) is 8.91. The van der Waals surface area contributed by atoms with Crippen LogP contribution >= 0.6 is 41.9 Å². The lowest BCUT2D eigenvalue weighted by molar-refractivity contribution is -0.105. The van der Waals surface area contributed by atoms with Gasteiger partial charge < -0.3 is 5.32 Å². The van der Waals surface area contributed by atoms with E-state index in [-0.39, 0.29) is 5.37 Å². The highest BCUT2D eigenvalue weighted by atomic mass is 127. The number of allylic oxidation sites excluding steroid dienone is 1. The smallest absolute Gasteiger partial charge is 0.146 e. The zero-order valence-electron chi connectivity index (χ0n) is 12.0. The van der Waals surface area contributed by atoms with Crippen LogP contribution in [0.5, 0.6) is 0 Å². The second-order valence-corrected chi connectivity index (χ2v) is 7.84. The maximum atomic E-state index is 11.3. The minimum atomic E-state index is 0.208. The van der Waals surface area contributed by atoms with Crippen molar-refractivity contribution in [1.29, 1.82) is 0 Å². The Morgan fingerprint density at radius 2 is 2.05 bits per heavy atom. The number of rotatable bonds is 8. The molecule has 2 nitrogen and oxygen atoms in total. The quantitative estimate of drug-likeness (QED) is 0.218. The highest BCUT2D eigenvalue weighted by Crippen LogP contribution is 2.27. The molecule has 0 spiro atoms. The molecule has 5 heteroatoms. The van der Waals surface area contributed by atoms with Crippen molar-refractivity contribution in [2.24, 2.45) is 0 Å². The van der Waals surface area contributed by atoms with Crippen molar-refractivity contribution in [2.75, 3.05) is 12.8 Å². The van der Waals surface area contributed by atoms with Gasteiger partial charge in [0.2, 0.25) is 0 Å². The number of carbonyl (C=O) groups excluding carboxylic acids is 1. The van der Waals surface area contributed by atoms with E-state index in [0.29, 0.717) is 0 Å². The third-order valence-electron chi connectivity index (χ3n) is 3.05. The molecule has 1 aromatic rings. The summed E-state index contributed by atoms with van der Waals surface area (Å²) in [5.41, 5.74) is 3.31. The fraction of sp³-hybridized carbons (Fsp3) is 0.400. The Morgan fingerprint density at radius 3 is 2.55 bits per heavy atom. The largest absolute Gasteiger partial charge is 0.304 e. The fourth-order valence-corrected chi connectivity index (χ4v) is 4.93. The predicted octanol–water partition coefficient (Wildman–Crippen LogP) is 4.62. The van der Waals surface area contributed by atoms with Crippen molar-refractivity contribution in [3.8, 4) is 0 Å². The Balaban J connectivity index is 2.59. The summed E-state index contributed by atoms with van der Waals surface area (Å²) in [7, 11) is 3.61. The summed E-state index contributed by atoms with van der Waals surface area (Å²) in [6.45, 7) is 4.12.